The van der Waals surface area contributed by atoms with E-state index in [9.17, 15) is 8.42 Å². The Morgan fingerprint density at radius 2 is 1.54 bits per heavy atom. The first-order valence-electron chi connectivity index (χ1n) is 8.18. The Kier molecular flexibility index (Phi) is 5.35. The fourth-order valence-corrected chi connectivity index (χ4v) is 3.29. The summed E-state index contributed by atoms with van der Waals surface area (Å²) in [6.45, 7) is 4.00. The summed E-state index contributed by atoms with van der Waals surface area (Å²) in [5, 5.41) is 0. The maximum Gasteiger partial charge on any atom is 0.240 e. The first-order chi connectivity index (χ1) is 12.4. The van der Waals surface area contributed by atoms with E-state index >= 15 is 0 Å². The summed E-state index contributed by atoms with van der Waals surface area (Å²) in [5.74, 6) is 1.08. The Bertz CT molecular complexity index is 1000. The lowest BCUT2D eigenvalue weighted by atomic mass is 10.2. The van der Waals surface area contributed by atoms with Crippen LogP contribution >= 0.6 is 0 Å². The van der Waals surface area contributed by atoms with Gasteiger partial charge in [0.05, 0.1) is 23.3 Å². The Morgan fingerprint density at radius 1 is 0.923 bits per heavy atom. The highest BCUT2D eigenvalue weighted by Gasteiger charge is 2.14. The summed E-state index contributed by atoms with van der Waals surface area (Å²) in [5.41, 5.74) is 3.01. The van der Waals surface area contributed by atoms with E-state index in [1.54, 1.807) is 42.6 Å². The molecule has 0 saturated heterocycles. The predicted octanol–water partition coefficient (Wildman–Crippen LogP) is 4.13. The van der Waals surface area contributed by atoms with Crippen molar-refractivity contribution in [2.24, 2.45) is 4.99 Å². The van der Waals surface area contributed by atoms with E-state index in [0.29, 0.717) is 11.5 Å². The number of nitrogens with one attached hydrogen (secondary N) is 1. The minimum atomic E-state index is -3.57. The van der Waals surface area contributed by atoms with Crippen LogP contribution in [0.4, 0.5) is 5.69 Å². The molecule has 26 heavy (non-hydrogen) atoms. The minimum Gasteiger partial charge on any atom is -0.459 e. The van der Waals surface area contributed by atoms with Crippen LogP contribution in [0.5, 0.6) is 0 Å². The van der Waals surface area contributed by atoms with E-state index < -0.39 is 10.0 Å². The number of hydrogen-bond donors (Lipinski definition) is 1. The highest BCUT2D eigenvalue weighted by molar-refractivity contribution is 7.89. The summed E-state index contributed by atoms with van der Waals surface area (Å²) in [6, 6.07) is 18.0. The molecule has 0 fully saturated rings. The first-order valence-corrected chi connectivity index (χ1v) is 9.66. The van der Waals surface area contributed by atoms with Gasteiger partial charge in [-0.1, -0.05) is 35.4 Å². The smallest absolute Gasteiger partial charge is 0.240 e. The Hall–Kier alpha value is -2.70. The maximum absolute atomic E-state index is 12.3. The van der Waals surface area contributed by atoms with Crippen LogP contribution in [0.15, 0.2) is 75.0 Å². The molecule has 0 atom stereocenters. The molecule has 6 heteroatoms. The fourth-order valence-electron chi connectivity index (χ4n) is 2.29. The van der Waals surface area contributed by atoms with E-state index in [4.69, 9.17) is 4.42 Å². The van der Waals surface area contributed by atoms with Gasteiger partial charge in [0.1, 0.15) is 11.5 Å². The zero-order chi connectivity index (χ0) is 18.6. The third kappa shape index (κ3) is 4.68. The maximum atomic E-state index is 12.3. The monoisotopic (exact) mass is 368 g/mol. The number of aryl methyl sites for hydroxylation is 2. The van der Waals surface area contributed by atoms with Gasteiger partial charge >= 0.3 is 0 Å². The van der Waals surface area contributed by atoms with Crippen molar-refractivity contribution in [2.45, 2.75) is 25.3 Å². The van der Waals surface area contributed by atoms with E-state index in [1.807, 2.05) is 38.1 Å². The van der Waals surface area contributed by atoms with Crippen molar-refractivity contribution in [1.29, 1.82) is 0 Å². The largest absolute Gasteiger partial charge is 0.459 e. The van der Waals surface area contributed by atoms with E-state index in [2.05, 4.69) is 9.71 Å². The number of nitrogens with zero attached hydrogens (tertiary/aromatic N) is 1. The van der Waals surface area contributed by atoms with Gasteiger partial charge in [-0.15, -0.1) is 0 Å². The predicted molar refractivity (Wildman–Crippen MR) is 102 cm³/mol. The molecule has 0 unspecified atom stereocenters. The second-order valence-electron chi connectivity index (χ2n) is 6.04. The molecular formula is C20H20N2O3S. The number of benzene rings is 2. The molecule has 0 radical (unpaired) electrons. The van der Waals surface area contributed by atoms with Crippen molar-refractivity contribution in [3.05, 3.63) is 83.3 Å². The molecule has 0 amide bonds. The van der Waals surface area contributed by atoms with Crippen LogP contribution in [0.3, 0.4) is 0 Å². The van der Waals surface area contributed by atoms with Crippen LogP contribution in [-0.2, 0) is 16.6 Å². The molecule has 134 valence electrons. The van der Waals surface area contributed by atoms with Crippen LogP contribution in [0.2, 0.25) is 0 Å². The molecule has 1 aromatic heterocycles. The second-order valence-corrected chi connectivity index (χ2v) is 7.80. The SMILES string of the molecule is Cc1ccc(N=Cc2ccc(CNS(=O)(=O)c3ccc(C)cc3)o2)cc1. The molecule has 0 spiro atoms. The van der Waals surface area contributed by atoms with Crippen molar-refractivity contribution in [2.75, 3.05) is 0 Å². The lowest BCUT2D eigenvalue weighted by Gasteiger charge is -2.05. The van der Waals surface area contributed by atoms with Crippen LogP contribution in [0.25, 0.3) is 0 Å². The second kappa shape index (κ2) is 7.68. The minimum absolute atomic E-state index is 0.0780. The van der Waals surface area contributed by atoms with Crippen molar-refractivity contribution >= 4 is 21.9 Å². The van der Waals surface area contributed by atoms with Gasteiger partial charge in [0, 0.05) is 0 Å². The standard InChI is InChI=1S/C20H20N2O3S/c1-15-3-7-17(8-4-15)21-13-18-9-10-19(25-18)14-22-26(23,24)20-11-5-16(2)6-12-20/h3-13,22H,14H2,1-2H3. The van der Waals surface area contributed by atoms with Crippen LogP contribution in [0, 0.1) is 13.8 Å². The van der Waals surface area contributed by atoms with Crippen LogP contribution in [-0.4, -0.2) is 14.6 Å². The van der Waals surface area contributed by atoms with Gasteiger partial charge in [-0.3, -0.25) is 4.99 Å². The van der Waals surface area contributed by atoms with E-state index in [0.717, 1.165) is 11.3 Å². The van der Waals surface area contributed by atoms with Gasteiger partial charge < -0.3 is 4.42 Å². The molecule has 0 bridgehead atoms. The first kappa shape index (κ1) is 18.1. The zero-order valence-corrected chi connectivity index (χ0v) is 15.5. The quantitative estimate of drug-likeness (QED) is 0.665. The summed E-state index contributed by atoms with van der Waals surface area (Å²) in [4.78, 5) is 4.57. The number of aliphatic imine (C=N–C) groups is 1. The molecule has 0 aliphatic rings. The normalized spacial score (nSPS) is 11.9. The zero-order valence-electron chi connectivity index (χ0n) is 14.6. The third-order valence-corrected chi connectivity index (χ3v) is 5.24. The molecular weight excluding hydrogens is 348 g/mol. The number of rotatable bonds is 6. The lowest BCUT2D eigenvalue weighted by molar-refractivity contribution is 0.494. The molecule has 1 N–H and O–H groups in total. The van der Waals surface area contributed by atoms with Crippen molar-refractivity contribution in [3.8, 4) is 0 Å². The Morgan fingerprint density at radius 3 is 2.19 bits per heavy atom. The summed E-state index contributed by atoms with van der Waals surface area (Å²) in [6.07, 6.45) is 1.61. The molecule has 3 aromatic rings. The van der Waals surface area contributed by atoms with Gasteiger partial charge in [-0.25, -0.2) is 13.1 Å². The van der Waals surface area contributed by atoms with Gasteiger partial charge in [0.25, 0.3) is 0 Å². The van der Waals surface area contributed by atoms with Gasteiger partial charge in [0.2, 0.25) is 10.0 Å². The van der Waals surface area contributed by atoms with Gasteiger partial charge in [-0.05, 0) is 50.2 Å². The molecule has 5 nitrogen and oxygen atoms in total. The average Bonchev–Trinajstić information content (AvgIpc) is 3.08. The van der Waals surface area contributed by atoms with Crippen molar-refractivity contribution < 1.29 is 12.8 Å². The highest BCUT2D eigenvalue weighted by Crippen LogP contribution is 2.14. The van der Waals surface area contributed by atoms with Crippen LogP contribution < -0.4 is 4.72 Å². The number of furan rings is 1. The average molecular weight is 368 g/mol. The van der Waals surface area contributed by atoms with Crippen molar-refractivity contribution in [3.63, 3.8) is 0 Å². The lowest BCUT2D eigenvalue weighted by Crippen LogP contribution is -2.22. The Labute approximate surface area is 153 Å². The molecule has 3 rings (SSSR count). The van der Waals surface area contributed by atoms with Crippen molar-refractivity contribution in [1.82, 2.24) is 4.72 Å². The highest BCUT2D eigenvalue weighted by atomic mass is 32.2. The van der Waals surface area contributed by atoms with Crippen LogP contribution in [0.1, 0.15) is 22.6 Å². The fraction of sp³-hybridized carbons (Fsp3) is 0.150. The molecule has 0 saturated carbocycles. The summed E-state index contributed by atoms with van der Waals surface area (Å²) < 4.78 is 32.7. The topological polar surface area (TPSA) is 71.7 Å². The molecule has 0 aliphatic heterocycles. The third-order valence-electron chi connectivity index (χ3n) is 3.82. The summed E-state index contributed by atoms with van der Waals surface area (Å²) in [7, 11) is -3.57. The van der Waals surface area contributed by atoms with Gasteiger partial charge in [0.15, 0.2) is 0 Å². The molecule has 0 aliphatic carbocycles. The number of hydrogen-bond acceptors (Lipinski definition) is 4. The van der Waals surface area contributed by atoms with E-state index in [-0.39, 0.29) is 11.4 Å². The number of sulfonamides is 1. The van der Waals surface area contributed by atoms with Gasteiger partial charge in [-0.2, -0.15) is 0 Å². The Balaban J connectivity index is 1.63. The molecule has 2 aromatic carbocycles. The van der Waals surface area contributed by atoms with E-state index in [1.165, 1.54) is 5.56 Å². The molecule has 1 heterocycles. The summed E-state index contributed by atoms with van der Waals surface area (Å²) >= 11 is 0.